The van der Waals surface area contributed by atoms with Crippen molar-refractivity contribution in [1.29, 1.82) is 0 Å². The molecule has 29 heavy (non-hydrogen) atoms. The van der Waals surface area contributed by atoms with Crippen molar-refractivity contribution in [2.75, 3.05) is 15.7 Å². The lowest BCUT2D eigenvalue weighted by atomic mass is 10.1. The molecule has 0 saturated carbocycles. The van der Waals surface area contributed by atoms with Gasteiger partial charge in [-0.15, -0.1) is 0 Å². The fourth-order valence-corrected chi connectivity index (χ4v) is 4.49. The number of hydrogen-bond donors (Lipinski definition) is 4. The number of fused-ring (bicyclic) bond motifs is 1. The summed E-state index contributed by atoms with van der Waals surface area (Å²) in [6.07, 6.45) is 0.972. The normalized spacial score (nSPS) is 11.9. The van der Waals surface area contributed by atoms with Gasteiger partial charge in [0, 0.05) is 16.5 Å². The highest BCUT2D eigenvalue weighted by Gasteiger charge is 2.22. The number of rotatable bonds is 6. The molecule has 0 heterocycles. The Morgan fingerprint density at radius 2 is 1.59 bits per heavy atom. The highest BCUT2D eigenvalue weighted by molar-refractivity contribution is 7.93. The molecule has 4 N–H and O–H groups in total. The van der Waals surface area contributed by atoms with E-state index in [1.807, 2.05) is 0 Å². The van der Waals surface area contributed by atoms with E-state index in [-0.39, 0.29) is 22.3 Å². The number of aromatic carboxylic acids is 1. The van der Waals surface area contributed by atoms with Crippen molar-refractivity contribution in [2.45, 2.75) is 4.90 Å². The van der Waals surface area contributed by atoms with Crippen LogP contribution in [0, 0.1) is 0 Å². The van der Waals surface area contributed by atoms with Crippen LogP contribution in [0.1, 0.15) is 10.4 Å². The predicted octanol–water partition coefficient (Wildman–Crippen LogP) is 2.42. The number of benzene rings is 3. The zero-order valence-electron chi connectivity index (χ0n) is 14.9. The maximum Gasteiger partial charge on any atom is 0.335 e. The third kappa shape index (κ3) is 4.41. The summed E-state index contributed by atoms with van der Waals surface area (Å²) in [6.45, 7) is 0. The number of phenolic OH excluding ortho intramolecular Hbond substituents is 1. The van der Waals surface area contributed by atoms with Gasteiger partial charge in [-0.25, -0.2) is 21.6 Å². The van der Waals surface area contributed by atoms with E-state index >= 15 is 0 Å². The van der Waals surface area contributed by atoms with Crippen molar-refractivity contribution in [1.82, 2.24) is 0 Å². The lowest BCUT2D eigenvalue weighted by Crippen LogP contribution is -2.14. The lowest BCUT2D eigenvalue weighted by molar-refractivity contribution is 0.0697. The average Bonchev–Trinajstić information content (AvgIpc) is 2.61. The Hall–Kier alpha value is -3.31. The van der Waals surface area contributed by atoms with Crippen LogP contribution in [0.2, 0.25) is 0 Å². The van der Waals surface area contributed by atoms with Gasteiger partial charge in [0.1, 0.15) is 10.6 Å². The zero-order chi connectivity index (χ0) is 21.4. The summed E-state index contributed by atoms with van der Waals surface area (Å²) < 4.78 is 53.0. The topological polar surface area (TPSA) is 150 Å². The Morgan fingerprint density at radius 1 is 0.897 bits per heavy atom. The molecule has 0 aromatic heterocycles. The van der Waals surface area contributed by atoms with Crippen molar-refractivity contribution in [2.24, 2.45) is 0 Å². The minimum Gasteiger partial charge on any atom is -0.506 e. The fourth-order valence-electron chi connectivity index (χ4n) is 2.75. The molecular weight excluding hydrogens is 420 g/mol. The van der Waals surface area contributed by atoms with Crippen LogP contribution >= 0.6 is 0 Å². The molecule has 0 atom stereocenters. The van der Waals surface area contributed by atoms with Crippen molar-refractivity contribution in [3.05, 3.63) is 60.2 Å². The first kappa shape index (κ1) is 20.4. The van der Waals surface area contributed by atoms with Crippen molar-refractivity contribution in [3.8, 4) is 5.75 Å². The molecule has 3 rings (SSSR count). The van der Waals surface area contributed by atoms with Crippen LogP contribution in [0.25, 0.3) is 10.8 Å². The van der Waals surface area contributed by atoms with Crippen LogP contribution in [-0.4, -0.2) is 39.3 Å². The molecule has 0 unspecified atom stereocenters. The van der Waals surface area contributed by atoms with Crippen LogP contribution in [0.15, 0.2) is 59.5 Å². The van der Waals surface area contributed by atoms with Crippen LogP contribution in [-0.2, 0) is 20.0 Å². The highest BCUT2D eigenvalue weighted by Crippen LogP contribution is 2.36. The van der Waals surface area contributed by atoms with E-state index in [1.54, 1.807) is 0 Å². The first-order chi connectivity index (χ1) is 13.5. The summed E-state index contributed by atoms with van der Waals surface area (Å²) in [5.74, 6) is -1.79. The Labute approximate surface area is 166 Å². The fraction of sp³-hybridized carbons (Fsp3) is 0.0556. The van der Waals surface area contributed by atoms with Gasteiger partial charge in [0.25, 0.3) is 10.0 Å². The van der Waals surface area contributed by atoms with Gasteiger partial charge in [0.05, 0.1) is 17.5 Å². The molecule has 0 aliphatic carbocycles. The van der Waals surface area contributed by atoms with Gasteiger partial charge in [0.15, 0.2) is 0 Å². The van der Waals surface area contributed by atoms with Gasteiger partial charge in [-0.3, -0.25) is 9.44 Å². The summed E-state index contributed by atoms with van der Waals surface area (Å²) >= 11 is 0. The lowest BCUT2D eigenvalue weighted by Gasteiger charge is -2.13. The van der Waals surface area contributed by atoms with Crippen LogP contribution in [0.4, 0.5) is 11.4 Å². The molecule has 0 aliphatic heterocycles. The Bertz CT molecular complexity index is 1330. The van der Waals surface area contributed by atoms with Gasteiger partial charge in [0.2, 0.25) is 10.0 Å². The zero-order valence-corrected chi connectivity index (χ0v) is 16.6. The quantitative estimate of drug-likeness (QED) is 0.463. The molecule has 9 nitrogen and oxygen atoms in total. The van der Waals surface area contributed by atoms with Crippen LogP contribution < -0.4 is 9.44 Å². The molecule has 0 fully saturated rings. The minimum absolute atomic E-state index is 0.0110. The number of aromatic hydroxyl groups is 1. The number of sulfonamides is 2. The number of phenols is 1. The third-order valence-electron chi connectivity index (χ3n) is 3.94. The second-order valence-corrected chi connectivity index (χ2v) is 9.58. The molecule has 152 valence electrons. The van der Waals surface area contributed by atoms with E-state index in [1.165, 1.54) is 42.5 Å². The van der Waals surface area contributed by atoms with Crippen molar-refractivity contribution >= 4 is 48.2 Å². The summed E-state index contributed by atoms with van der Waals surface area (Å²) in [4.78, 5) is 10.6. The number of carbonyl (C=O) groups is 1. The summed E-state index contributed by atoms with van der Waals surface area (Å²) in [5, 5.41) is 20.0. The Balaban J connectivity index is 2.06. The number of carboxylic acids is 1. The van der Waals surface area contributed by atoms with Crippen LogP contribution in [0.5, 0.6) is 5.75 Å². The van der Waals surface area contributed by atoms with E-state index in [4.69, 9.17) is 5.11 Å². The van der Waals surface area contributed by atoms with Crippen LogP contribution in [0.3, 0.4) is 0 Å². The van der Waals surface area contributed by atoms with Gasteiger partial charge in [-0.05, 0) is 30.3 Å². The summed E-state index contributed by atoms with van der Waals surface area (Å²) in [7, 11) is -7.84. The summed E-state index contributed by atoms with van der Waals surface area (Å²) in [6, 6.07) is 12.1. The van der Waals surface area contributed by atoms with Gasteiger partial charge >= 0.3 is 5.97 Å². The Kier molecular flexibility index (Phi) is 5.11. The number of carboxylic acid groups (broad SMARTS) is 1. The van der Waals surface area contributed by atoms with E-state index < -0.39 is 36.7 Å². The monoisotopic (exact) mass is 436 g/mol. The molecule has 3 aromatic carbocycles. The molecule has 3 aromatic rings. The van der Waals surface area contributed by atoms with E-state index in [0.29, 0.717) is 5.39 Å². The number of nitrogens with one attached hydrogen (secondary N) is 2. The standard InChI is InChI=1S/C18H16N2O7S2/c1-28(24,25)20-15-7-3-6-14-13(15)8-9-16(17(14)21)29(26,27)19-12-5-2-4-11(10-12)18(22)23/h2-10,19-21H,1H3,(H,22,23). The molecule has 0 amide bonds. The SMILES string of the molecule is CS(=O)(=O)Nc1cccc2c(O)c(S(=O)(=O)Nc3cccc(C(=O)O)c3)ccc12. The largest absolute Gasteiger partial charge is 0.506 e. The average molecular weight is 436 g/mol. The van der Waals surface area contributed by atoms with Gasteiger partial charge in [-0.2, -0.15) is 0 Å². The molecule has 0 radical (unpaired) electrons. The van der Waals surface area contributed by atoms with E-state index in [0.717, 1.165) is 18.4 Å². The number of hydrogen-bond acceptors (Lipinski definition) is 6. The second-order valence-electron chi connectivity index (χ2n) is 6.18. The third-order valence-corrected chi connectivity index (χ3v) is 5.95. The van der Waals surface area contributed by atoms with Gasteiger partial charge in [-0.1, -0.05) is 24.3 Å². The minimum atomic E-state index is -4.26. The highest BCUT2D eigenvalue weighted by atomic mass is 32.2. The molecule has 0 aliphatic rings. The predicted molar refractivity (Wildman–Crippen MR) is 108 cm³/mol. The van der Waals surface area contributed by atoms with Gasteiger partial charge < -0.3 is 10.2 Å². The molecule has 11 heteroatoms. The Morgan fingerprint density at radius 3 is 2.24 bits per heavy atom. The molecule has 0 saturated heterocycles. The smallest absolute Gasteiger partial charge is 0.335 e. The molecule has 0 spiro atoms. The maximum absolute atomic E-state index is 12.7. The van der Waals surface area contributed by atoms with Crippen molar-refractivity contribution in [3.63, 3.8) is 0 Å². The first-order valence-electron chi connectivity index (χ1n) is 8.06. The van der Waals surface area contributed by atoms with E-state index in [9.17, 15) is 26.7 Å². The summed E-state index contributed by atoms with van der Waals surface area (Å²) in [5.41, 5.74) is 0.0904. The second kappa shape index (κ2) is 7.26. The van der Waals surface area contributed by atoms with E-state index in [2.05, 4.69) is 9.44 Å². The molecule has 0 bridgehead atoms. The maximum atomic E-state index is 12.7. The number of anilines is 2. The van der Waals surface area contributed by atoms with Crippen molar-refractivity contribution < 1.29 is 31.8 Å². The first-order valence-corrected chi connectivity index (χ1v) is 11.4. The molecular formula is C18H16N2O7S2.